The smallest absolute Gasteiger partial charge is 0.227 e. The third kappa shape index (κ3) is 3.11. The predicted octanol–water partition coefficient (Wildman–Crippen LogP) is 1.98. The lowest BCUT2D eigenvalue weighted by Gasteiger charge is -2.21. The molecule has 1 fully saturated rings. The first-order valence-electron chi connectivity index (χ1n) is 5.67. The van der Waals surface area contributed by atoms with E-state index in [2.05, 4.69) is 10.6 Å². The highest BCUT2D eigenvalue weighted by Crippen LogP contribution is 2.26. The lowest BCUT2D eigenvalue weighted by atomic mass is 9.97. The minimum absolute atomic E-state index is 0.0199. The van der Waals surface area contributed by atoms with Crippen molar-refractivity contribution in [1.29, 1.82) is 0 Å². The molecule has 0 saturated carbocycles. The van der Waals surface area contributed by atoms with Crippen molar-refractivity contribution in [3.63, 3.8) is 0 Å². The second-order valence-electron chi connectivity index (χ2n) is 4.18. The minimum Gasteiger partial charge on any atom is -0.506 e. The zero-order valence-electron chi connectivity index (χ0n) is 9.37. The first-order valence-corrected chi connectivity index (χ1v) is 6.04. The zero-order chi connectivity index (χ0) is 12.3. The molecule has 0 aliphatic carbocycles. The second kappa shape index (κ2) is 5.38. The average Bonchev–Trinajstić information content (AvgIpc) is 2.35. The van der Waals surface area contributed by atoms with Crippen molar-refractivity contribution in [3.05, 3.63) is 23.2 Å². The maximum atomic E-state index is 11.9. The van der Waals surface area contributed by atoms with E-state index in [1.165, 1.54) is 6.07 Å². The van der Waals surface area contributed by atoms with Gasteiger partial charge in [0.1, 0.15) is 5.75 Å². The fourth-order valence-corrected chi connectivity index (χ4v) is 2.09. The third-order valence-corrected chi connectivity index (χ3v) is 3.23. The summed E-state index contributed by atoms with van der Waals surface area (Å²) in [4.78, 5) is 11.9. The van der Waals surface area contributed by atoms with Crippen LogP contribution in [0.1, 0.15) is 12.8 Å². The van der Waals surface area contributed by atoms with Gasteiger partial charge in [0.2, 0.25) is 5.91 Å². The van der Waals surface area contributed by atoms with Crippen LogP contribution in [0.15, 0.2) is 18.2 Å². The number of benzene rings is 1. The maximum absolute atomic E-state index is 11.9. The van der Waals surface area contributed by atoms with Crippen molar-refractivity contribution in [3.8, 4) is 5.75 Å². The summed E-state index contributed by atoms with van der Waals surface area (Å²) in [5.74, 6) is 0.101. The molecule has 0 unspecified atom stereocenters. The average molecular weight is 255 g/mol. The van der Waals surface area contributed by atoms with Crippen molar-refractivity contribution in [2.45, 2.75) is 12.8 Å². The van der Waals surface area contributed by atoms with Gasteiger partial charge in [-0.2, -0.15) is 0 Å². The normalized spacial score (nSPS) is 16.8. The summed E-state index contributed by atoms with van der Waals surface area (Å²) in [5.41, 5.74) is 0.622. The van der Waals surface area contributed by atoms with E-state index >= 15 is 0 Å². The van der Waals surface area contributed by atoms with Gasteiger partial charge in [0.15, 0.2) is 0 Å². The number of carbonyl (C=O) groups is 1. The van der Waals surface area contributed by atoms with Crippen molar-refractivity contribution in [2.75, 3.05) is 18.4 Å². The van der Waals surface area contributed by atoms with Gasteiger partial charge in [0, 0.05) is 11.6 Å². The SMILES string of the molecule is O=C(Nc1ccc(O)c(Cl)c1)C1CCNCC1. The Kier molecular flexibility index (Phi) is 3.86. The minimum atomic E-state index is 0.0199. The first kappa shape index (κ1) is 12.2. The van der Waals surface area contributed by atoms with Crippen molar-refractivity contribution in [2.24, 2.45) is 5.92 Å². The molecule has 0 spiro atoms. The number of phenolic OH excluding ortho intramolecular Hbond substituents is 1. The van der Waals surface area contributed by atoms with E-state index in [0.717, 1.165) is 25.9 Å². The van der Waals surface area contributed by atoms with Crippen LogP contribution < -0.4 is 10.6 Å². The number of rotatable bonds is 2. The number of anilines is 1. The topological polar surface area (TPSA) is 61.4 Å². The fraction of sp³-hybridized carbons (Fsp3) is 0.417. The van der Waals surface area contributed by atoms with E-state index in [1.54, 1.807) is 12.1 Å². The summed E-state index contributed by atoms with van der Waals surface area (Å²) in [6.07, 6.45) is 1.72. The molecule has 1 heterocycles. The number of phenols is 1. The Labute approximate surface area is 105 Å². The molecule has 5 heteroatoms. The largest absolute Gasteiger partial charge is 0.506 e. The molecule has 2 rings (SSSR count). The molecule has 1 aromatic rings. The molecule has 0 aromatic heterocycles. The Balaban J connectivity index is 1.99. The van der Waals surface area contributed by atoms with Gasteiger partial charge >= 0.3 is 0 Å². The van der Waals surface area contributed by atoms with Crippen LogP contribution in [0.5, 0.6) is 5.75 Å². The van der Waals surface area contributed by atoms with Gasteiger partial charge in [-0.1, -0.05) is 11.6 Å². The van der Waals surface area contributed by atoms with Gasteiger partial charge in [-0.05, 0) is 44.1 Å². The number of hydrogen-bond acceptors (Lipinski definition) is 3. The maximum Gasteiger partial charge on any atom is 0.227 e. The van der Waals surface area contributed by atoms with Crippen LogP contribution in [0.4, 0.5) is 5.69 Å². The molecular formula is C12H15ClN2O2. The fourth-order valence-electron chi connectivity index (χ4n) is 1.91. The van der Waals surface area contributed by atoms with Crippen LogP contribution in [0.3, 0.4) is 0 Å². The van der Waals surface area contributed by atoms with Crippen LogP contribution >= 0.6 is 11.6 Å². The van der Waals surface area contributed by atoms with Gasteiger partial charge in [-0.25, -0.2) is 0 Å². The Morgan fingerprint density at radius 3 is 2.76 bits per heavy atom. The summed E-state index contributed by atoms with van der Waals surface area (Å²) in [6, 6.07) is 4.66. The molecule has 1 saturated heterocycles. The molecule has 4 nitrogen and oxygen atoms in total. The van der Waals surface area contributed by atoms with Crippen molar-refractivity contribution in [1.82, 2.24) is 5.32 Å². The third-order valence-electron chi connectivity index (χ3n) is 2.93. The molecule has 0 radical (unpaired) electrons. The molecule has 1 aromatic carbocycles. The summed E-state index contributed by atoms with van der Waals surface area (Å²) in [6.45, 7) is 1.77. The van der Waals surface area contributed by atoms with Gasteiger partial charge in [0.05, 0.1) is 5.02 Å². The summed E-state index contributed by atoms with van der Waals surface area (Å²) in [7, 11) is 0. The molecular weight excluding hydrogens is 240 g/mol. The monoisotopic (exact) mass is 254 g/mol. The molecule has 92 valence electrons. The lowest BCUT2D eigenvalue weighted by Crippen LogP contribution is -2.34. The van der Waals surface area contributed by atoms with Gasteiger partial charge in [-0.3, -0.25) is 4.79 Å². The number of halogens is 1. The number of amides is 1. The van der Waals surface area contributed by atoms with Gasteiger partial charge < -0.3 is 15.7 Å². The predicted molar refractivity (Wildman–Crippen MR) is 67.3 cm³/mol. The Morgan fingerprint density at radius 1 is 1.41 bits per heavy atom. The summed E-state index contributed by atoms with van der Waals surface area (Å²) >= 11 is 5.77. The summed E-state index contributed by atoms with van der Waals surface area (Å²) < 4.78 is 0. The lowest BCUT2D eigenvalue weighted by molar-refractivity contribution is -0.120. The van der Waals surface area contributed by atoms with E-state index in [9.17, 15) is 9.90 Å². The molecule has 1 aliphatic rings. The molecule has 0 atom stereocenters. The molecule has 1 aliphatic heterocycles. The molecule has 0 bridgehead atoms. The van der Waals surface area contributed by atoms with Crippen LogP contribution in [0.2, 0.25) is 5.02 Å². The van der Waals surface area contributed by atoms with E-state index in [0.29, 0.717) is 5.69 Å². The first-order chi connectivity index (χ1) is 8.16. The van der Waals surface area contributed by atoms with Gasteiger partial charge in [-0.15, -0.1) is 0 Å². The van der Waals surface area contributed by atoms with E-state index in [4.69, 9.17) is 11.6 Å². The van der Waals surface area contributed by atoms with Crippen molar-refractivity contribution >= 4 is 23.2 Å². The van der Waals surface area contributed by atoms with Crippen molar-refractivity contribution < 1.29 is 9.90 Å². The molecule has 17 heavy (non-hydrogen) atoms. The van der Waals surface area contributed by atoms with Gasteiger partial charge in [0.25, 0.3) is 0 Å². The van der Waals surface area contributed by atoms with E-state index in [-0.39, 0.29) is 22.6 Å². The van der Waals surface area contributed by atoms with Crippen LogP contribution in [-0.2, 0) is 4.79 Å². The van der Waals surface area contributed by atoms with E-state index in [1.807, 2.05) is 0 Å². The number of carbonyl (C=O) groups excluding carboxylic acids is 1. The number of hydrogen-bond donors (Lipinski definition) is 3. The van der Waals surface area contributed by atoms with Crippen LogP contribution in [0, 0.1) is 5.92 Å². The standard InChI is InChI=1S/C12H15ClN2O2/c13-10-7-9(1-2-11(10)16)15-12(17)8-3-5-14-6-4-8/h1-2,7-8,14,16H,3-6H2,(H,15,17). The molecule has 1 amide bonds. The second-order valence-corrected chi connectivity index (χ2v) is 4.59. The number of piperidine rings is 1. The highest BCUT2D eigenvalue weighted by Gasteiger charge is 2.20. The van der Waals surface area contributed by atoms with Crippen LogP contribution in [-0.4, -0.2) is 24.1 Å². The Morgan fingerprint density at radius 2 is 2.12 bits per heavy atom. The highest BCUT2D eigenvalue weighted by atomic mass is 35.5. The highest BCUT2D eigenvalue weighted by molar-refractivity contribution is 6.32. The Hall–Kier alpha value is -1.26. The number of nitrogens with one attached hydrogen (secondary N) is 2. The van der Waals surface area contributed by atoms with Crippen LogP contribution in [0.25, 0.3) is 0 Å². The quantitative estimate of drug-likeness (QED) is 0.708. The Bertz CT molecular complexity index is 417. The summed E-state index contributed by atoms with van der Waals surface area (Å²) in [5, 5.41) is 15.6. The molecule has 3 N–H and O–H groups in total. The number of aromatic hydroxyl groups is 1. The zero-order valence-corrected chi connectivity index (χ0v) is 10.1. The van der Waals surface area contributed by atoms with E-state index < -0.39 is 0 Å².